The second-order valence-electron chi connectivity index (χ2n) is 3.29. The molecule has 15 heavy (non-hydrogen) atoms. The van der Waals surface area contributed by atoms with Crippen LogP contribution in [-0.4, -0.2) is 50.3 Å². The lowest BCUT2D eigenvalue weighted by molar-refractivity contribution is -0.148. The van der Waals surface area contributed by atoms with E-state index in [0.29, 0.717) is 13.2 Å². The molecule has 0 aromatic rings. The quantitative estimate of drug-likeness (QED) is 0.431. The summed E-state index contributed by atoms with van der Waals surface area (Å²) in [5.74, 6) is -0.281. The first-order chi connectivity index (χ1) is 7.24. The van der Waals surface area contributed by atoms with Gasteiger partial charge in [0.05, 0.1) is 13.2 Å². The highest BCUT2D eigenvalue weighted by Gasteiger charge is 2.03. The topological polar surface area (TPSA) is 38.8 Å². The lowest BCUT2D eigenvalue weighted by Crippen LogP contribution is -2.29. The number of ether oxygens (including phenoxy) is 2. The van der Waals surface area contributed by atoms with Gasteiger partial charge >= 0.3 is 5.97 Å². The predicted molar refractivity (Wildman–Crippen MR) is 59.9 cm³/mol. The summed E-state index contributed by atoms with van der Waals surface area (Å²) in [7, 11) is 0. The van der Waals surface area contributed by atoms with E-state index >= 15 is 0 Å². The fraction of sp³-hybridized carbons (Fsp3) is 0.909. The molecule has 0 unspecified atom stereocenters. The highest BCUT2D eigenvalue weighted by Crippen LogP contribution is 1.91. The third-order valence-electron chi connectivity index (χ3n) is 2.06. The summed E-state index contributed by atoms with van der Waals surface area (Å²) in [6.07, 6.45) is 1.14. The fourth-order valence-electron chi connectivity index (χ4n) is 1.30. The van der Waals surface area contributed by atoms with Gasteiger partial charge in [0, 0.05) is 6.54 Å². The number of rotatable bonds is 9. The molecule has 0 aliphatic rings. The molecule has 0 spiro atoms. The van der Waals surface area contributed by atoms with Crippen molar-refractivity contribution < 1.29 is 14.3 Å². The first-order valence-corrected chi connectivity index (χ1v) is 5.70. The lowest BCUT2D eigenvalue weighted by atomic mass is 10.4. The minimum Gasteiger partial charge on any atom is -0.464 e. The van der Waals surface area contributed by atoms with Crippen molar-refractivity contribution in [1.82, 2.24) is 4.90 Å². The van der Waals surface area contributed by atoms with Crippen molar-refractivity contribution in [2.75, 3.05) is 39.5 Å². The molecule has 0 N–H and O–H groups in total. The maximum atomic E-state index is 10.9. The average molecular weight is 217 g/mol. The first-order valence-electron chi connectivity index (χ1n) is 5.70. The SMILES string of the molecule is CCCN(CC)CCOCC(=O)OCC. The van der Waals surface area contributed by atoms with Crippen LogP contribution in [0.2, 0.25) is 0 Å². The van der Waals surface area contributed by atoms with E-state index in [1.165, 1.54) is 0 Å². The maximum absolute atomic E-state index is 10.9. The van der Waals surface area contributed by atoms with Gasteiger partial charge in [-0.1, -0.05) is 13.8 Å². The minimum atomic E-state index is -0.281. The van der Waals surface area contributed by atoms with E-state index < -0.39 is 0 Å². The van der Waals surface area contributed by atoms with Crippen LogP contribution in [0.25, 0.3) is 0 Å². The number of hydrogen-bond acceptors (Lipinski definition) is 4. The van der Waals surface area contributed by atoms with Gasteiger partial charge in [-0.15, -0.1) is 0 Å². The Morgan fingerprint density at radius 2 is 1.93 bits per heavy atom. The van der Waals surface area contributed by atoms with Crippen molar-refractivity contribution in [3.63, 3.8) is 0 Å². The van der Waals surface area contributed by atoms with Gasteiger partial charge in [-0.25, -0.2) is 4.79 Å². The zero-order valence-corrected chi connectivity index (χ0v) is 10.1. The first kappa shape index (κ1) is 14.4. The molecule has 0 aromatic heterocycles. The maximum Gasteiger partial charge on any atom is 0.332 e. The van der Waals surface area contributed by atoms with Crippen molar-refractivity contribution in [3.05, 3.63) is 0 Å². The van der Waals surface area contributed by atoms with Crippen LogP contribution in [0.5, 0.6) is 0 Å². The number of likely N-dealkylation sites (N-methyl/N-ethyl adjacent to an activating group) is 1. The molecule has 0 aliphatic heterocycles. The van der Waals surface area contributed by atoms with Crippen LogP contribution in [0.4, 0.5) is 0 Å². The van der Waals surface area contributed by atoms with Gasteiger partial charge in [0.2, 0.25) is 0 Å². The summed E-state index contributed by atoms with van der Waals surface area (Å²) in [5, 5.41) is 0. The Morgan fingerprint density at radius 3 is 2.47 bits per heavy atom. The van der Waals surface area contributed by atoms with Crippen LogP contribution in [0.15, 0.2) is 0 Å². The third kappa shape index (κ3) is 8.39. The largest absolute Gasteiger partial charge is 0.464 e. The average Bonchev–Trinajstić information content (AvgIpc) is 2.23. The summed E-state index contributed by atoms with van der Waals surface area (Å²) in [6, 6.07) is 0. The van der Waals surface area contributed by atoms with E-state index in [1.54, 1.807) is 6.92 Å². The number of hydrogen-bond donors (Lipinski definition) is 0. The Balaban J connectivity index is 3.39. The Morgan fingerprint density at radius 1 is 1.20 bits per heavy atom. The molecular weight excluding hydrogens is 194 g/mol. The standard InChI is InChI=1S/C11H23NO3/c1-4-7-12(5-2)8-9-14-10-11(13)15-6-3/h4-10H2,1-3H3. The predicted octanol–water partition coefficient (Wildman–Crippen LogP) is 1.30. The number of nitrogens with zero attached hydrogens (tertiary/aromatic N) is 1. The van der Waals surface area contributed by atoms with Crippen molar-refractivity contribution in [2.24, 2.45) is 0 Å². The van der Waals surface area contributed by atoms with Crippen LogP contribution < -0.4 is 0 Å². The summed E-state index contributed by atoms with van der Waals surface area (Å²) >= 11 is 0. The molecule has 0 atom stereocenters. The van der Waals surface area contributed by atoms with Crippen molar-refractivity contribution in [1.29, 1.82) is 0 Å². The molecule has 0 radical (unpaired) electrons. The molecule has 0 saturated carbocycles. The molecule has 90 valence electrons. The Labute approximate surface area is 92.5 Å². The van der Waals surface area contributed by atoms with Crippen LogP contribution in [0.1, 0.15) is 27.2 Å². The van der Waals surface area contributed by atoms with E-state index in [2.05, 4.69) is 18.7 Å². The Kier molecular flexibility index (Phi) is 9.52. The van der Waals surface area contributed by atoms with E-state index in [4.69, 9.17) is 9.47 Å². The lowest BCUT2D eigenvalue weighted by Gasteiger charge is -2.18. The molecular formula is C11H23NO3. The number of carbonyl (C=O) groups is 1. The van der Waals surface area contributed by atoms with Gasteiger partial charge in [-0.2, -0.15) is 0 Å². The highest BCUT2D eigenvalue weighted by molar-refractivity contribution is 5.70. The molecule has 0 amide bonds. The van der Waals surface area contributed by atoms with Crippen LogP contribution >= 0.6 is 0 Å². The van der Waals surface area contributed by atoms with Crippen LogP contribution in [0.3, 0.4) is 0 Å². The number of carbonyl (C=O) groups excluding carboxylic acids is 1. The van der Waals surface area contributed by atoms with Gasteiger partial charge in [0.15, 0.2) is 0 Å². The van der Waals surface area contributed by atoms with Crippen LogP contribution in [0, 0.1) is 0 Å². The van der Waals surface area contributed by atoms with Gasteiger partial charge in [-0.3, -0.25) is 0 Å². The van der Waals surface area contributed by atoms with Crippen molar-refractivity contribution in [3.8, 4) is 0 Å². The van der Waals surface area contributed by atoms with Crippen molar-refractivity contribution >= 4 is 5.97 Å². The molecule has 0 saturated heterocycles. The second kappa shape index (κ2) is 9.93. The molecule has 0 aliphatic carbocycles. The summed E-state index contributed by atoms with van der Waals surface area (Å²) in [6.45, 7) is 10.1. The van der Waals surface area contributed by atoms with E-state index in [0.717, 1.165) is 26.1 Å². The highest BCUT2D eigenvalue weighted by atomic mass is 16.6. The van der Waals surface area contributed by atoms with Crippen LogP contribution in [-0.2, 0) is 14.3 Å². The summed E-state index contributed by atoms with van der Waals surface area (Å²) in [5.41, 5.74) is 0. The third-order valence-corrected chi connectivity index (χ3v) is 2.06. The normalized spacial score (nSPS) is 10.7. The minimum absolute atomic E-state index is 0.0670. The van der Waals surface area contributed by atoms with E-state index in [1.807, 2.05) is 0 Å². The molecule has 4 heteroatoms. The summed E-state index contributed by atoms with van der Waals surface area (Å²) < 4.78 is 9.96. The van der Waals surface area contributed by atoms with E-state index in [9.17, 15) is 4.79 Å². The smallest absolute Gasteiger partial charge is 0.332 e. The monoisotopic (exact) mass is 217 g/mol. The molecule has 0 aromatic carbocycles. The summed E-state index contributed by atoms with van der Waals surface area (Å²) in [4.78, 5) is 13.2. The van der Waals surface area contributed by atoms with Gasteiger partial charge in [0.1, 0.15) is 6.61 Å². The molecule has 0 fully saturated rings. The zero-order valence-electron chi connectivity index (χ0n) is 10.1. The fourth-order valence-corrected chi connectivity index (χ4v) is 1.30. The van der Waals surface area contributed by atoms with Crippen molar-refractivity contribution in [2.45, 2.75) is 27.2 Å². The molecule has 0 rings (SSSR count). The van der Waals surface area contributed by atoms with Gasteiger partial charge in [-0.05, 0) is 26.4 Å². The van der Waals surface area contributed by atoms with Gasteiger partial charge in [0.25, 0.3) is 0 Å². The number of esters is 1. The van der Waals surface area contributed by atoms with E-state index in [-0.39, 0.29) is 12.6 Å². The Hall–Kier alpha value is -0.610. The molecule has 0 heterocycles. The molecule has 4 nitrogen and oxygen atoms in total. The molecule has 0 bridgehead atoms. The van der Waals surface area contributed by atoms with Gasteiger partial charge < -0.3 is 14.4 Å². The Bertz CT molecular complexity index is 162. The second-order valence-corrected chi connectivity index (χ2v) is 3.29. The zero-order chi connectivity index (χ0) is 11.5.